The molecule has 0 bridgehead atoms. The third-order valence-corrected chi connectivity index (χ3v) is 4.06. The van der Waals surface area contributed by atoms with E-state index in [2.05, 4.69) is 38.1 Å². The van der Waals surface area contributed by atoms with Crippen molar-refractivity contribution in [3.05, 3.63) is 70.2 Å². The number of halogens is 1. The van der Waals surface area contributed by atoms with Gasteiger partial charge in [0.2, 0.25) is 0 Å². The predicted molar refractivity (Wildman–Crippen MR) is 82.6 cm³/mol. The average molecular weight is 274 g/mol. The lowest BCUT2D eigenvalue weighted by Crippen LogP contribution is -2.12. The van der Waals surface area contributed by atoms with E-state index in [0.29, 0.717) is 5.92 Å². The lowest BCUT2D eigenvalue weighted by molar-refractivity contribution is 0.732. The van der Waals surface area contributed by atoms with Crippen LogP contribution in [0.4, 0.5) is 0 Å². The van der Waals surface area contributed by atoms with E-state index in [1.807, 2.05) is 24.3 Å². The van der Waals surface area contributed by atoms with Crippen LogP contribution >= 0.6 is 11.6 Å². The molecule has 1 nitrogen and oxygen atoms in total. The summed E-state index contributed by atoms with van der Waals surface area (Å²) in [6.07, 6.45) is 1.15. The summed E-state index contributed by atoms with van der Waals surface area (Å²) in [6.45, 7) is 4.44. The average Bonchev–Trinajstić information content (AvgIpc) is 2.46. The Morgan fingerprint density at radius 2 is 1.58 bits per heavy atom. The molecule has 2 heteroatoms. The van der Waals surface area contributed by atoms with Crippen LogP contribution < -0.4 is 5.73 Å². The maximum absolute atomic E-state index is 6.29. The van der Waals surface area contributed by atoms with E-state index in [-0.39, 0.29) is 6.04 Å². The van der Waals surface area contributed by atoms with Crippen LogP contribution in [0, 0.1) is 0 Å². The molecule has 0 heterocycles. The minimum Gasteiger partial charge on any atom is -0.320 e. The SMILES string of the molecule is CCC(C)c1ccc(C(N)c2ccccc2Cl)cc1. The summed E-state index contributed by atoms with van der Waals surface area (Å²) in [5.74, 6) is 0.589. The number of rotatable bonds is 4. The summed E-state index contributed by atoms with van der Waals surface area (Å²) in [5, 5.41) is 0.723. The first-order valence-corrected chi connectivity index (χ1v) is 7.11. The Hall–Kier alpha value is -1.31. The van der Waals surface area contributed by atoms with Gasteiger partial charge >= 0.3 is 0 Å². The van der Waals surface area contributed by atoms with Gasteiger partial charge in [0.05, 0.1) is 6.04 Å². The standard InChI is InChI=1S/C17H20ClN/c1-3-12(2)13-8-10-14(11-9-13)17(19)15-6-4-5-7-16(15)18/h4-12,17H,3,19H2,1-2H3. The normalized spacial score (nSPS) is 14.1. The molecule has 2 atom stereocenters. The van der Waals surface area contributed by atoms with E-state index in [4.69, 9.17) is 17.3 Å². The molecule has 0 saturated heterocycles. The van der Waals surface area contributed by atoms with Gasteiger partial charge < -0.3 is 5.73 Å². The Balaban J connectivity index is 2.25. The van der Waals surface area contributed by atoms with Crippen LogP contribution in [-0.2, 0) is 0 Å². The Bertz CT molecular complexity index is 533. The molecule has 2 aromatic carbocycles. The second-order valence-electron chi connectivity index (χ2n) is 4.98. The Labute approximate surface area is 120 Å². The monoisotopic (exact) mass is 273 g/mol. The van der Waals surface area contributed by atoms with Gasteiger partial charge in [-0.2, -0.15) is 0 Å². The summed E-state index contributed by atoms with van der Waals surface area (Å²) >= 11 is 6.19. The molecule has 2 unspecified atom stereocenters. The van der Waals surface area contributed by atoms with Crippen LogP contribution in [0.1, 0.15) is 48.9 Å². The van der Waals surface area contributed by atoms with Crippen molar-refractivity contribution < 1.29 is 0 Å². The molecule has 0 saturated carbocycles. The summed E-state index contributed by atoms with van der Waals surface area (Å²) in [7, 11) is 0. The van der Waals surface area contributed by atoms with Gasteiger partial charge in [-0.05, 0) is 35.1 Å². The highest BCUT2D eigenvalue weighted by Crippen LogP contribution is 2.27. The lowest BCUT2D eigenvalue weighted by Gasteiger charge is -2.16. The number of nitrogens with two attached hydrogens (primary N) is 1. The van der Waals surface area contributed by atoms with E-state index in [1.165, 1.54) is 5.56 Å². The van der Waals surface area contributed by atoms with Gasteiger partial charge in [0.15, 0.2) is 0 Å². The van der Waals surface area contributed by atoms with Gasteiger partial charge in [0.25, 0.3) is 0 Å². The number of benzene rings is 2. The van der Waals surface area contributed by atoms with Crippen molar-refractivity contribution in [3.8, 4) is 0 Å². The molecule has 0 aliphatic rings. The third-order valence-electron chi connectivity index (χ3n) is 3.72. The van der Waals surface area contributed by atoms with Crippen LogP contribution in [0.25, 0.3) is 0 Å². The largest absolute Gasteiger partial charge is 0.320 e. The first kappa shape index (κ1) is 14.1. The van der Waals surface area contributed by atoms with Crippen molar-refractivity contribution in [2.45, 2.75) is 32.2 Å². The van der Waals surface area contributed by atoms with E-state index in [9.17, 15) is 0 Å². The van der Waals surface area contributed by atoms with Crippen molar-refractivity contribution in [1.29, 1.82) is 0 Å². The molecule has 0 spiro atoms. The zero-order chi connectivity index (χ0) is 13.8. The minimum absolute atomic E-state index is 0.167. The molecule has 2 rings (SSSR count). The Morgan fingerprint density at radius 1 is 1.00 bits per heavy atom. The fourth-order valence-corrected chi connectivity index (χ4v) is 2.43. The molecular formula is C17H20ClN. The maximum atomic E-state index is 6.29. The second-order valence-corrected chi connectivity index (χ2v) is 5.38. The lowest BCUT2D eigenvalue weighted by atomic mass is 9.94. The van der Waals surface area contributed by atoms with Gasteiger partial charge in [-0.25, -0.2) is 0 Å². The van der Waals surface area contributed by atoms with Crippen LogP contribution in [-0.4, -0.2) is 0 Å². The Morgan fingerprint density at radius 3 is 2.16 bits per heavy atom. The summed E-state index contributed by atoms with van der Waals surface area (Å²) in [6, 6.07) is 16.1. The smallest absolute Gasteiger partial charge is 0.0566 e. The molecule has 19 heavy (non-hydrogen) atoms. The highest BCUT2D eigenvalue weighted by Gasteiger charge is 2.12. The van der Waals surface area contributed by atoms with Gasteiger partial charge in [-0.3, -0.25) is 0 Å². The van der Waals surface area contributed by atoms with E-state index in [1.54, 1.807) is 0 Å². The second kappa shape index (κ2) is 6.23. The van der Waals surface area contributed by atoms with Crippen LogP contribution in [0.3, 0.4) is 0 Å². The van der Waals surface area contributed by atoms with Crippen LogP contribution in [0.5, 0.6) is 0 Å². The van der Waals surface area contributed by atoms with Gasteiger partial charge in [-0.1, -0.05) is 67.9 Å². The van der Waals surface area contributed by atoms with Crippen LogP contribution in [0.2, 0.25) is 5.02 Å². The molecule has 100 valence electrons. The molecule has 0 fully saturated rings. The van der Waals surface area contributed by atoms with Gasteiger partial charge in [0.1, 0.15) is 0 Å². The van der Waals surface area contributed by atoms with E-state index < -0.39 is 0 Å². The maximum Gasteiger partial charge on any atom is 0.0566 e. The molecule has 0 aliphatic carbocycles. The Kier molecular flexibility index (Phi) is 4.62. The first-order valence-electron chi connectivity index (χ1n) is 6.73. The predicted octanol–water partition coefficient (Wildman–Crippen LogP) is 4.90. The van der Waals surface area contributed by atoms with Crippen LogP contribution in [0.15, 0.2) is 48.5 Å². The summed E-state index contributed by atoms with van der Waals surface area (Å²) < 4.78 is 0. The molecule has 0 radical (unpaired) electrons. The minimum atomic E-state index is -0.167. The van der Waals surface area contributed by atoms with Gasteiger partial charge in [0, 0.05) is 5.02 Å². The zero-order valence-corrected chi connectivity index (χ0v) is 12.2. The fourth-order valence-electron chi connectivity index (χ4n) is 2.17. The molecular weight excluding hydrogens is 254 g/mol. The topological polar surface area (TPSA) is 26.0 Å². The molecule has 2 aromatic rings. The number of hydrogen-bond donors (Lipinski definition) is 1. The quantitative estimate of drug-likeness (QED) is 0.842. The molecule has 2 N–H and O–H groups in total. The van der Waals surface area contributed by atoms with Crippen molar-refractivity contribution in [1.82, 2.24) is 0 Å². The van der Waals surface area contributed by atoms with Crippen molar-refractivity contribution in [3.63, 3.8) is 0 Å². The summed E-state index contributed by atoms with van der Waals surface area (Å²) in [4.78, 5) is 0. The highest BCUT2D eigenvalue weighted by molar-refractivity contribution is 6.31. The molecule has 0 amide bonds. The first-order chi connectivity index (χ1) is 9.13. The van der Waals surface area contributed by atoms with Crippen molar-refractivity contribution >= 4 is 11.6 Å². The van der Waals surface area contributed by atoms with Crippen molar-refractivity contribution in [2.24, 2.45) is 5.73 Å². The fraction of sp³-hybridized carbons (Fsp3) is 0.294. The number of hydrogen-bond acceptors (Lipinski definition) is 1. The highest BCUT2D eigenvalue weighted by atomic mass is 35.5. The molecule has 0 aromatic heterocycles. The van der Waals surface area contributed by atoms with E-state index in [0.717, 1.165) is 22.6 Å². The summed E-state index contributed by atoms with van der Waals surface area (Å²) in [5.41, 5.74) is 9.72. The molecule has 0 aliphatic heterocycles. The van der Waals surface area contributed by atoms with Crippen molar-refractivity contribution in [2.75, 3.05) is 0 Å². The third kappa shape index (κ3) is 3.17. The van der Waals surface area contributed by atoms with E-state index >= 15 is 0 Å². The van der Waals surface area contributed by atoms with Gasteiger partial charge in [-0.15, -0.1) is 0 Å². The zero-order valence-electron chi connectivity index (χ0n) is 11.4.